The molecule has 0 saturated heterocycles. The van der Waals surface area contributed by atoms with Crippen molar-refractivity contribution in [1.82, 2.24) is 0 Å². The molecule has 0 spiro atoms. The van der Waals surface area contributed by atoms with E-state index < -0.39 is 6.16 Å². The number of ether oxygens (including phenoxy) is 3. The smallest absolute Gasteiger partial charge is 0.502 e. The number of phenols is 1. The Hall–Kier alpha value is -2.11. The summed E-state index contributed by atoms with van der Waals surface area (Å²) in [6.45, 7) is 9.90. The Kier molecular flexibility index (Phi) is 25.6. The standard InChI is InChI=1S/C39H70O6/c1-5-9-13-17-21-25-29-33-34(30-26-22-18-14-10-6-2)37(43-31-27-23-19-15-11-7-3)38(35(40)36(33)45-39(41)42)44-32-28-24-20-16-12-8-4/h40H,5-32H2,1-4H3,(H,41,42). The summed E-state index contributed by atoms with van der Waals surface area (Å²) in [6, 6.07) is 0. The lowest BCUT2D eigenvalue weighted by atomic mass is 9.93. The first-order valence-corrected chi connectivity index (χ1v) is 19.1. The van der Waals surface area contributed by atoms with Crippen molar-refractivity contribution in [3.8, 4) is 23.0 Å². The fraction of sp³-hybridized carbons (Fsp3) is 0.821. The van der Waals surface area contributed by atoms with Gasteiger partial charge in [-0.05, 0) is 38.5 Å². The first-order valence-electron chi connectivity index (χ1n) is 19.1. The molecule has 1 aromatic rings. The topological polar surface area (TPSA) is 85.2 Å². The molecule has 0 aromatic heterocycles. The molecule has 0 saturated carbocycles. The largest absolute Gasteiger partial charge is 0.511 e. The summed E-state index contributed by atoms with van der Waals surface area (Å²) < 4.78 is 18.2. The highest BCUT2D eigenvalue weighted by Gasteiger charge is 2.28. The maximum Gasteiger partial charge on any atom is 0.511 e. The van der Waals surface area contributed by atoms with Crippen LogP contribution in [0.4, 0.5) is 4.79 Å². The van der Waals surface area contributed by atoms with Crippen LogP contribution in [0.3, 0.4) is 0 Å². The molecule has 0 bridgehead atoms. The Balaban J connectivity index is 3.35. The molecule has 1 aromatic carbocycles. The highest BCUT2D eigenvalue weighted by atomic mass is 16.7. The first-order chi connectivity index (χ1) is 22.0. The van der Waals surface area contributed by atoms with E-state index >= 15 is 0 Å². The number of aromatic hydroxyl groups is 1. The van der Waals surface area contributed by atoms with Crippen molar-refractivity contribution in [3.63, 3.8) is 0 Å². The summed E-state index contributed by atoms with van der Waals surface area (Å²) in [5.74, 6) is 0.689. The number of rotatable bonds is 31. The van der Waals surface area contributed by atoms with E-state index in [2.05, 4.69) is 27.7 Å². The highest BCUT2D eigenvalue weighted by Crippen LogP contribution is 2.50. The molecule has 6 heteroatoms. The Morgan fingerprint density at radius 3 is 1.20 bits per heavy atom. The third kappa shape index (κ3) is 18.6. The summed E-state index contributed by atoms with van der Waals surface area (Å²) >= 11 is 0. The summed E-state index contributed by atoms with van der Waals surface area (Å²) in [6.07, 6.45) is 27.5. The van der Waals surface area contributed by atoms with Gasteiger partial charge in [-0.1, -0.05) is 156 Å². The number of hydrogen-bond donors (Lipinski definition) is 2. The van der Waals surface area contributed by atoms with Crippen LogP contribution in [0.15, 0.2) is 0 Å². The zero-order valence-corrected chi connectivity index (χ0v) is 29.8. The minimum Gasteiger partial charge on any atom is -0.502 e. The number of carboxylic acid groups (broad SMARTS) is 1. The monoisotopic (exact) mass is 635 g/mol. The summed E-state index contributed by atoms with van der Waals surface area (Å²) in [4.78, 5) is 11.9. The lowest BCUT2D eigenvalue weighted by Gasteiger charge is -2.23. The van der Waals surface area contributed by atoms with Crippen LogP contribution in [0.1, 0.15) is 193 Å². The molecule has 262 valence electrons. The highest BCUT2D eigenvalue weighted by molar-refractivity contribution is 5.71. The predicted octanol–water partition coefficient (Wildman–Crippen LogP) is 12.7. The molecule has 0 aliphatic rings. The molecule has 2 N–H and O–H groups in total. The van der Waals surface area contributed by atoms with Gasteiger partial charge < -0.3 is 24.4 Å². The van der Waals surface area contributed by atoms with Crippen molar-refractivity contribution >= 4 is 6.16 Å². The number of carbonyl (C=O) groups is 1. The SMILES string of the molecule is CCCCCCCCOc1c(O)c(OC(=O)O)c(CCCCCCCC)c(CCCCCCCC)c1OCCCCCCCC. The van der Waals surface area contributed by atoms with Gasteiger partial charge in [-0.25, -0.2) is 4.79 Å². The maximum absolute atomic E-state index is 11.9. The van der Waals surface area contributed by atoms with E-state index in [0.29, 0.717) is 25.4 Å². The Morgan fingerprint density at radius 1 is 0.467 bits per heavy atom. The van der Waals surface area contributed by atoms with E-state index in [9.17, 15) is 15.0 Å². The second-order valence-corrected chi connectivity index (χ2v) is 12.9. The summed E-state index contributed by atoms with van der Waals surface area (Å²) in [5.41, 5.74) is 1.75. The van der Waals surface area contributed by atoms with Gasteiger partial charge in [-0.15, -0.1) is 0 Å². The van der Waals surface area contributed by atoms with Crippen LogP contribution in [0.2, 0.25) is 0 Å². The van der Waals surface area contributed by atoms with Crippen molar-refractivity contribution < 1.29 is 29.2 Å². The lowest BCUT2D eigenvalue weighted by molar-refractivity contribution is 0.141. The molecule has 0 aliphatic carbocycles. The van der Waals surface area contributed by atoms with Crippen LogP contribution in [-0.4, -0.2) is 29.6 Å². The molecule has 0 fully saturated rings. The van der Waals surface area contributed by atoms with Gasteiger partial charge in [0.05, 0.1) is 13.2 Å². The van der Waals surface area contributed by atoms with E-state index in [1.807, 2.05) is 0 Å². The minimum absolute atomic E-state index is 0.0434. The fourth-order valence-corrected chi connectivity index (χ4v) is 6.05. The summed E-state index contributed by atoms with van der Waals surface area (Å²) in [7, 11) is 0. The third-order valence-corrected chi connectivity index (χ3v) is 8.79. The van der Waals surface area contributed by atoms with Gasteiger partial charge in [0.25, 0.3) is 0 Å². The average Bonchev–Trinajstić information content (AvgIpc) is 3.02. The molecule has 0 unspecified atom stereocenters. The zero-order valence-electron chi connectivity index (χ0n) is 29.8. The van der Waals surface area contributed by atoms with E-state index in [1.54, 1.807) is 0 Å². The maximum atomic E-state index is 11.9. The van der Waals surface area contributed by atoms with Crippen molar-refractivity contribution in [2.75, 3.05) is 13.2 Å². The second-order valence-electron chi connectivity index (χ2n) is 12.9. The van der Waals surface area contributed by atoms with Crippen molar-refractivity contribution in [1.29, 1.82) is 0 Å². The zero-order chi connectivity index (χ0) is 33.0. The molecule has 6 nitrogen and oxygen atoms in total. The molecular formula is C39H70O6. The number of unbranched alkanes of at least 4 members (excludes halogenated alkanes) is 20. The minimum atomic E-state index is -1.41. The van der Waals surface area contributed by atoms with Crippen LogP contribution >= 0.6 is 0 Å². The van der Waals surface area contributed by atoms with E-state index in [4.69, 9.17) is 14.2 Å². The van der Waals surface area contributed by atoms with Crippen LogP contribution in [-0.2, 0) is 12.8 Å². The van der Waals surface area contributed by atoms with Gasteiger partial charge in [0.15, 0.2) is 11.5 Å². The van der Waals surface area contributed by atoms with Crippen LogP contribution < -0.4 is 14.2 Å². The lowest BCUT2D eigenvalue weighted by Crippen LogP contribution is -2.12. The second kappa shape index (κ2) is 28.1. The molecule has 0 amide bonds. The van der Waals surface area contributed by atoms with Gasteiger partial charge in [-0.3, -0.25) is 0 Å². The molecule has 0 atom stereocenters. The average molecular weight is 635 g/mol. The molecule has 1 rings (SSSR count). The number of benzene rings is 1. The van der Waals surface area contributed by atoms with Crippen LogP contribution in [0.25, 0.3) is 0 Å². The van der Waals surface area contributed by atoms with E-state index in [0.717, 1.165) is 75.3 Å². The quantitative estimate of drug-likeness (QED) is 0.0480. The molecular weight excluding hydrogens is 564 g/mol. The van der Waals surface area contributed by atoms with Crippen LogP contribution in [0, 0.1) is 0 Å². The molecule has 0 aliphatic heterocycles. The molecule has 0 heterocycles. The van der Waals surface area contributed by atoms with Crippen molar-refractivity contribution in [3.05, 3.63) is 11.1 Å². The normalized spacial score (nSPS) is 11.2. The van der Waals surface area contributed by atoms with E-state index in [1.165, 1.54) is 96.3 Å². The molecule has 45 heavy (non-hydrogen) atoms. The summed E-state index contributed by atoms with van der Waals surface area (Å²) in [5, 5.41) is 21.2. The first kappa shape index (κ1) is 40.9. The Morgan fingerprint density at radius 2 is 0.800 bits per heavy atom. The van der Waals surface area contributed by atoms with Crippen LogP contribution in [0.5, 0.6) is 23.0 Å². The Bertz CT molecular complexity index is 868. The van der Waals surface area contributed by atoms with Gasteiger partial charge in [-0.2, -0.15) is 0 Å². The van der Waals surface area contributed by atoms with Crippen molar-refractivity contribution in [2.24, 2.45) is 0 Å². The van der Waals surface area contributed by atoms with Gasteiger partial charge in [0.1, 0.15) is 0 Å². The third-order valence-electron chi connectivity index (χ3n) is 8.79. The Labute approximate surface area is 277 Å². The van der Waals surface area contributed by atoms with E-state index in [-0.39, 0.29) is 17.2 Å². The van der Waals surface area contributed by atoms with Gasteiger partial charge >= 0.3 is 6.16 Å². The van der Waals surface area contributed by atoms with Crippen molar-refractivity contribution in [2.45, 2.75) is 195 Å². The number of hydrogen-bond acceptors (Lipinski definition) is 5. The van der Waals surface area contributed by atoms with Gasteiger partial charge in [0.2, 0.25) is 11.5 Å². The predicted molar refractivity (Wildman–Crippen MR) is 189 cm³/mol. The fourth-order valence-electron chi connectivity index (χ4n) is 6.05. The number of phenolic OH excluding ortho intramolecular Hbond substituents is 1. The van der Waals surface area contributed by atoms with Gasteiger partial charge in [0, 0.05) is 11.1 Å². The molecule has 0 radical (unpaired) electrons.